The number of benzene rings is 1. The Kier molecular flexibility index (Phi) is 4.12. The molecule has 3 N–H and O–H groups in total. The van der Waals surface area contributed by atoms with Gasteiger partial charge in [-0.15, -0.1) is 0 Å². The monoisotopic (exact) mass is 262 g/mol. The van der Waals surface area contributed by atoms with Crippen LogP contribution in [0.15, 0.2) is 36.7 Å². The van der Waals surface area contributed by atoms with Crippen molar-refractivity contribution in [3.8, 4) is 0 Å². The Balaban J connectivity index is 1.97. The predicted octanol–water partition coefficient (Wildman–Crippen LogP) is 2.82. The number of hydrogen-bond acceptors (Lipinski definition) is 2. The molecule has 6 heteroatoms. The van der Waals surface area contributed by atoms with E-state index in [-0.39, 0.29) is 6.04 Å². The van der Waals surface area contributed by atoms with Crippen LogP contribution in [0.5, 0.6) is 0 Å². The summed E-state index contributed by atoms with van der Waals surface area (Å²) in [5.41, 5.74) is 0.409. The molecule has 0 radical (unpaired) electrons. The van der Waals surface area contributed by atoms with Crippen molar-refractivity contribution in [1.29, 1.82) is 0 Å². The van der Waals surface area contributed by atoms with Gasteiger partial charge in [0, 0.05) is 18.1 Å². The van der Waals surface area contributed by atoms with Crippen molar-refractivity contribution in [2.24, 2.45) is 0 Å². The predicted molar refractivity (Wildman–Crippen MR) is 70.2 cm³/mol. The molecule has 1 heterocycles. The van der Waals surface area contributed by atoms with Crippen molar-refractivity contribution < 1.29 is 9.18 Å². The topological polar surface area (TPSA) is 69.8 Å². The summed E-state index contributed by atoms with van der Waals surface area (Å²) in [7, 11) is 0. The van der Waals surface area contributed by atoms with E-state index in [1.54, 1.807) is 18.5 Å². The number of aromatic amines is 1. The first-order valence-electron chi connectivity index (χ1n) is 6.01. The highest BCUT2D eigenvalue weighted by Crippen LogP contribution is 2.13. The van der Waals surface area contributed by atoms with Crippen molar-refractivity contribution in [3.63, 3.8) is 0 Å². The Labute approximate surface area is 110 Å². The van der Waals surface area contributed by atoms with E-state index < -0.39 is 11.8 Å². The van der Waals surface area contributed by atoms with E-state index in [1.165, 1.54) is 18.2 Å². The highest BCUT2D eigenvalue weighted by molar-refractivity contribution is 5.89. The number of urea groups is 1. The van der Waals surface area contributed by atoms with E-state index in [1.807, 2.05) is 6.92 Å². The molecular weight excluding hydrogens is 247 g/mol. The molecule has 100 valence electrons. The van der Waals surface area contributed by atoms with E-state index in [2.05, 4.69) is 20.6 Å². The van der Waals surface area contributed by atoms with Gasteiger partial charge in [0.05, 0.1) is 6.04 Å². The summed E-state index contributed by atoms with van der Waals surface area (Å²) in [5.74, 6) is 0.299. The van der Waals surface area contributed by atoms with Crippen molar-refractivity contribution in [3.05, 3.63) is 48.3 Å². The third-order valence-electron chi connectivity index (χ3n) is 2.65. The summed E-state index contributed by atoms with van der Waals surface area (Å²) in [6.07, 6.45) is 4.03. The van der Waals surface area contributed by atoms with Crippen LogP contribution in [0.2, 0.25) is 0 Å². The van der Waals surface area contributed by atoms with Gasteiger partial charge in [-0.25, -0.2) is 14.2 Å². The van der Waals surface area contributed by atoms with E-state index >= 15 is 0 Å². The summed E-state index contributed by atoms with van der Waals surface area (Å²) in [5, 5.41) is 5.35. The van der Waals surface area contributed by atoms with Gasteiger partial charge in [0.2, 0.25) is 0 Å². The first kappa shape index (κ1) is 13.1. The molecule has 0 spiro atoms. The summed E-state index contributed by atoms with van der Waals surface area (Å²) in [6.45, 7) is 1.94. The molecule has 0 saturated carbocycles. The van der Waals surface area contributed by atoms with Crippen molar-refractivity contribution >= 4 is 11.7 Å². The summed E-state index contributed by atoms with van der Waals surface area (Å²) in [6, 6.07) is 5.14. The second kappa shape index (κ2) is 5.99. The van der Waals surface area contributed by atoms with Gasteiger partial charge in [-0.1, -0.05) is 13.0 Å². The van der Waals surface area contributed by atoms with Crippen LogP contribution in [0.25, 0.3) is 0 Å². The average Bonchev–Trinajstić information content (AvgIpc) is 2.89. The zero-order chi connectivity index (χ0) is 13.7. The second-order valence-electron chi connectivity index (χ2n) is 4.04. The van der Waals surface area contributed by atoms with Gasteiger partial charge >= 0.3 is 6.03 Å². The molecular formula is C13H15FN4O. The zero-order valence-corrected chi connectivity index (χ0v) is 10.5. The lowest BCUT2D eigenvalue weighted by atomic mass is 10.2. The third-order valence-corrected chi connectivity index (χ3v) is 2.65. The van der Waals surface area contributed by atoms with E-state index in [4.69, 9.17) is 0 Å². The first-order chi connectivity index (χ1) is 9.19. The molecule has 2 rings (SSSR count). The number of nitrogens with zero attached hydrogens (tertiary/aromatic N) is 1. The molecule has 19 heavy (non-hydrogen) atoms. The third kappa shape index (κ3) is 3.54. The fraction of sp³-hybridized carbons (Fsp3) is 0.231. The average molecular weight is 262 g/mol. The molecule has 0 saturated heterocycles. The highest BCUT2D eigenvalue weighted by Gasteiger charge is 2.14. The summed E-state index contributed by atoms with van der Waals surface area (Å²) < 4.78 is 13.0. The van der Waals surface area contributed by atoms with Crippen LogP contribution in [0.3, 0.4) is 0 Å². The minimum Gasteiger partial charge on any atom is -0.347 e. The SMILES string of the molecule is CCC(NC(=O)Nc1cccc(F)c1)c1ncc[nH]1. The van der Waals surface area contributed by atoms with Gasteiger partial charge in [0.25, 0.3) is 0 Å². The van der Waals surface area contributed by atoms with Crippen LogP contribution in [-0.4, -0.2) is 16.0 Å². The standard InChI is InChI=1S/C13H15FN4O/c1-2-11(12-15-6-7-16-12)18-13(19)17-10-5-3-4-9(14)8-10/h3-8,11H,2H2,1H3,(H,15,16)(H2,17,18,19). The van der Waals surface area contributed by atoms with Crippen LogP contribution >= 0.6 is 0 Å². The number of amides is 2. The molecule has 1 aromatic heterocycles. The Morgan fingerprint density at radius 1 is 1.53 bits per heavy atom. The lowest BCUT2D eigenvalue weighted by Gasteiger charge is -2.15. The number of nitrogens with one attached hydrogen (secondary N) is 3. The fourth-order valence-electron chi connectivity index (χ4n) is 1.72. The number of carbonyl (C=O) groups excluding carboxylic acids is 1. The van der Waals surface area contributed by atoms with Crippen molar-refractivity contribution in [2.45, 2.75) is 19.4 Å². The van der Waals surface area contributed by atoms with Gasteiger partial charge in [-0.2, -0.15) is 0 Å². The molecule has 0 aliphatic carbocycles. The van der Waals surface area contributed by atoms with E-state index in [9.17, 15) is 9.18 Å². The van der Waals surface area contributed by atoms with Crippen molar-refractivity contribution in [1.82, 2.24) is 15.3 Å². The maximum atomic E-state index is 13.0. The molecule has 2 aromatic rings. The lowest BCUT2D eigenvalue weighted by Crippen LogP contribution is -2.32. The van der Waals surface area contributed by atoms with Crippen LogP contribution in [0.1, 0.15) is 25.2 Å². The number of carbonyl (C=O) groups is 1. The number of H-pyrrole nitrogens is 1. The molecule has 2 amide bonds. The number of imidazole rings is 1. The minimum absolute atomic E-state index is 0.205. The van der Waals surface area contributed by atoms with Gasteiger partial charge in [0.15, 0.2) is 0 Å². The Bertz CT molecular complexity index is 541. The van der Waals surface area contributed by atoms with Gasteiger partial charge in [-0.05, 0) is 24.6 Å². The number of anilines is 1. The molecule has 1 unspecified atom stereocenters. The van der Waals surface area contributed by atoms with Crippen LogP contribution in [0.4, 0.5) is 14.9 Å². The number of hydrogen-bond donors (Lipinski definition) is 3. The largest absolute Gasteiger partial charge is 0.347 e. The maximum absolute atomic E-state index is 13.0. The smallest absolute Gasteiger partial charge is 0.319 e. The maximum Gasteiger partial charge on any atom is 0.319 e. The summed E-state index contributed by atoms with van der Waals surface area (Å²) in [4.78, 5) is 18.9. The van der Waals surface area contributed by atoms with Gasteiger partial charge in [-0.3, -0.25) is 0 Å². The quantitative estimate of drug-likeness (QED) is 0.793. The molecule has 0 bridgehead atoms. The molecule has 1 atom stereocenters. The van der Waals surface area contributed by atoms with Crippen molar-refractivity contribution in [2.75, 3.05) is 5.32 Å². The highest BCUT2D eigenvalue weighted by atomic mass is 19.1. The van der Waals surface area contributed by atoms with Crippen LogP contribution in [-0.2, 0) is 0 Å². The molecule has 0 fully saturated rings. The lowest BCUT2D eigenvalue weighted by molar-refractivity contribution is 0.247. The van der Waals surface area contributed by atoms with Gasteiger partial charge < -0.3 is 15.6 Å². The summed E-state index contributed by atoms with van der Waals surface area (Å²) >= 11 is 0. The zero-order valence-electron chi connectivity index (χ0n) is 10.5. The van der Waals surface area contributed by atoms with Crippen LogP contribution < -0.4 is 10.6 Å². The molecule has 0 aliphatic heterocycles. The minimum atomic E-state index is -0.395. The number of halogens is 1. The van der Waals surface area contributed by atoms with Crippen LogP contribution in [0, 0.1) is 5.82 Å². The Morgan fingerprint density at radius 2 is 2.37 bits per heavy atom. The first-order valence-corrected chi connectivity index (χ1v) is 6.01. The van der Waals surface area contributed by atoms with E-state index in [0.29, 0.717) is 17.9 Å². The molecule has 0 aliphatic rings. The van der Waals surface area contributed by atoms with E-state index in [0.717, 1.165) is 0 Å². The normalized spacial score (nSPS) is 11.9. The Morgan fingerprint density at radius 3 is 3.00 bits per heavy atom. The fourth-order valence-corrected chi connectivity index (χ4v) is 1.72. The molecule has 1 aromatic carbocycles. The second-order valence-corrected chi connectivity index (χ2v) is 4.04. The van der Waals surface area contributed by atoms with Gasteiger partial charge in [0.1, 0.15) is 11.6 Å². The molecule has 5 nitrogen and oxygen atoms in total. The number of rotatable bonds is 4. The Hall–Kier alpha value is -2.37. The number of aromatic nitrogens is 2.